The molecule has 5 nitrogen and oxygen atoms in total. The first-order valence-electron chi connectivity index (χ1n) is 6.92. The molecule has 0 aliphatic carbocycles. The lowest BCUT2D eigenvalue weighted by Crippen LogP contribution is -2.01. The van der Waals surface area contributed by atoms with E-state index in [1.807, 2.05) is 44.6 Å². The van der Waals surface area contributed by atoms with Crippen molar-refractivity contribution in [2.45, 2.75) is 13.3 Å². The minimum atomic E-state index is 0.521. The van der Waals surface area contributed by atoms with Gasteiger partial charge in [0.05, 0.1) is 24.0 Å². The van der Waals surface area contributed by atoms with Crippen molar-refractivity contribution in [1.82, 2.24) is 19.3 Å². The van der Waals surface area contributed by atoms with E-state index < -0.39 is 0 Å². The van der Waals surface area contributed by atoms with Crippen molar-refractivity contribution in [1.29, 1.82) is 0 Å². The third-order valence-electron chi connectivity index (χ3n) is 3.28. The number of nitrogens with zero attached hydrogens (tertiary/aromatic N) is 4. The molecule has 0 aliphatic rings. The number of aryl methyl sites for hydroxylation is 2. The highest BCUT2D eigenvalue weighted by molar-refractivity contribution is 6.18. The molecule has 0 saturated carbocycles. The zero-order chi connectivity index (χ0) is 14.8. The van der Waals surface area contributed by atoms with Gasteiger partial charge in [0.15, 0.2) is 0 Å². The van der Waals surface area contributed by atoms with E-state index >= 15 is 0 Å². The van der Waals surface area contributed by atoms with Crippen LogP contribution in [0.25, 0.3) is 16.7 Å². The summed E-state index contributed by atoms with van der Waals surface area (Å²) in [6.07, 6.45) is 4.48. The predicted molar refractivity (Wildman–Crippen MR) is 83.4 cm³/mol. The van der Waals surface area contributed by atoms with Crippen molar-refractivity contribution in [3.63, 3.8) is 0 Å². The molecule has 0 bridgehead atoms. The van der Waals surface area contributed by atoms with Gasteiger partial charge >= 0.3 is 0 Å². The van der Waals surface area contributed by atoms with Crippen molar-refractivity contribution in [2.75, 3.05) is 12.5 Å². The molecule has 0 spiro atoms. The van der Waals surface area contributed by atoms with Crippen LogP contribution in [0.5, 0.6) is 5.75 Å². The van der Waals surface area contributed by atoms with Crippen molar-refractivity contribution in [3.05, 3.63) is 36.4 Å². The van der Waals surface area contributed by atoms with E-state index in [1.165, 1.54) is 0 Å². The molecule has 2 aromatic heterocycles. The lowest BCUT2D eigenvalue weighted by molar-refractivity contribution is 0.343. The minimum absolute atomic E-state index is 0.521. The van der Waals surface area contributed by atoms with Gasteiger partial charge in [0.2, 0.25) is 0 Å². The lowest BCUT2D eigenvalue weighted by Gasteiger charge is -2.06. The number of halogens is 1. The lowest BCUT2D eigenvalue weighted by atomic mass is 10.3. The molecule has 0 saturated heterocycles. The average molecular weight is 305 g/mol. The Morgan fingerprint density at radius 1 is 1.33 bits per heavy atom. The highest BCUT2D eigenvalue weighted by Gasteiger charge is 2.16. The van der Waals surface area contributed by atoms with Gasteiger partial charge in [-0.25, -0.2) is 4.98 Å². The highest BCUT2D eigenvalue weighted by atomic mass is 35.5. The SMILES string of the molecule is CCOc1cccc2c1nc(CCCl)n2-c1cnn(C)c1. The van der Waals surface area contributed by atoms with Crippen LogP contribution in [0.2, 0.25) is 0 Å². The van der Waals surface area contributed by atoms with Crippen molar-refractivity contribution in [3.8, 4) is 11.4 Å². The van der Waals surface area contributed by atoms with E-state index in [1.54, 1.807) is 4.68 Å². The average Bonchev–Trinajstić information content (AvgIpc) is 3.03. The number of hydrogen-bond acceptors (Lipinski definition) is 3. The molecule has 1 aromatic carbocycles. The Bertz CT molecular complexity index is 762. The van der Waals surface area contributed by atoms with Crippen LogP contribution in [0.4, 0.5) is 0 Å². The van der Waals surface area contributed by atoms with E-state index in [9.17, 15) is 0 Å². The molecule has 0 unspecified atom stereocenters. The number of hydrogen-bond donors (Lipinski definition) is 0. The standard InChI is InChI=1S/C15H17ClN4O/c1-3-21-13-6-4-5-12-15(13)18-14(7-8-16)20(12)11-9-17-19(2)10-11/h4-6,9-10H,3,7-8H2,1-2H3. The van der Waals surface area contributed by atoms with Gasteiger partial charge in [0.25, 0.3) is 0 Å². The fraction of sp³-hybridized carbons (Fsp3) is 0.333. The molecule has 0 aliphatic heterocycles. The van der Waals surface area contributed by atoms with Crippen molar-refractivity contribution >= 4 is 22.6 Å². The maximum Gasteiger partial charge on any atom is 0.147 e. The number of benzene rings is 1. The summed E-state index contributed by atoms with van der Waals surface area (Å²) in [5.41, 5.74) is 2.85. The van der Waals surface area contributed by atoms with E-state index in [4.69, 9.17) is 21.3 Å². The number of imidazole rings is 1. The summed E-state index contributed by atoms with van der Waals surface area (Å²) in [5, 5.41) is 4.24. The van der Waals surface area contributed by atoms with Gasteiger partial charge in [-0.2, -0.15) is 5.10 Å². The fourth-order valence-corrected chi connectivity index (χ4v) is 2.63. The Morgan fingerprint density at radius 3 is 2.86 bits per heavy atom. The first-order valence-corrected chi connectivity index (χ1v) is 7.46. The molecule has 0 amide bonds. The van der Waals surface area contributed by atoms with E-state index in [-0.39, 0.29) is 0 Å². The molecule has 0 fully saturated rings. The van der Waals surface area contributed by atoms with Crippen LogP contribution < -0.4 is 4.74 Å². The molecule has 0 radical (unpaired) electrons. The highest BCUT2D eigenvalue weighted by Crippen LogP contribution is 2.28. The van der Waals surface area contributed by atoms with Gasteiger partial charge in [0.1, 0.15) is 17.1 Å². The van der Waals surface area contributed by atoms with Gasteiger partial charge in [0, 0.05) is 25.5 Å². The second-order valence-electron chi connectivity index (χ2n) is 4.73. The van der Waals surface area contributed by atoms with Gasteiger partial charge in [-0.15, -0.1) is 11.6 Å². The molecular formula is C15H17ClN4O. The van der Waals surface area contributed by atoms with Gasteiger partial charge in [-0.3, -0.25) is 9.25 Å². The van der Waals surface area contributed by atoms with Crippen LogP contribution in [0.15, 0.2) is 30.6 Å². The summed E-state index contributed by atoms with van der Waals surface area (Å²) in [7, 11) is 1.90. The van der Waals surface area contributed by atoms with Gasteiger partial charge in [-0.05, 0) is 19.1 Å². The number of alkyl halides is 1. The van der Waals surface area contributed by atoms with E-state index in [0.717, 1.165) is 28.3 Å². The van der Waals surface area contributed by atoms with Gasteiger partial charge < -0.3 is 4.74 Å². The van der Waals surface area contributed by atoms with Crippen molar-refractivity contribution in [2.24, 2.45) is 7.05 Å². The second-order valence-corrected chi connectivity index (χ2v) is 5.11. The fourth-order valence-electron chi connectivity index (χ4n) is 2.46. The Balaban J connectivity index is 2.25. The summed E-state index contributed by atoms with van der Waals surface area (Å²) >= 11 is 5.92. The Morgan fingerprint density at radius 2 is 2.19 bits per heavy atom. The third kappa shape index (κ3) is 2.49. The molecule has 0 N–H and O–H groups in total. The quantitative estimate of drug-likeness (QED) is 0.681. The van der Waals surface area contributed by atoms with Crippen LogP contribution in [-0.2, 0) is 13.5 Å². The van der Waals surface area contributed by atoms with E-state index in [0.29, 0.717) is 18.9 Å². The summed E-state index contributed by atoms with van der Waals surface area (Å²) in [4.78, 5) is 4.72. The Labute approximate surface area is 128 Å². The minimum Gasteiger partial charge on any atom is -0.492 e. The van der Waals surface area contributed by atoms with Crippen LogP contribution >= 0.6 is 11.6 Å². The van der Waals surface area contributed by atoms with Crippen molar-refractivity contribution < 1.29 is 4.74 Å². The zero-order valence-electron chi connectivity index (χ0n) is 12.1. The predicted octanol–water partition coefficient (Wildman–Crippen LogP) is 2.94. The first kappa shape index (κ1) is 13.9. The first-order chi connectivity index (χ1) is 10.2. The Hall–Kier alpha value is -2.01. The number of fused-ring (bicyclic) bond motifs is 1. The number of para-hydroxylation sites is 1. The number of aromatic nitrogens is 4. The summed E-state index contributed by atoms with van der Waals surface area (Å²) in [5.74, 6) is 2.24. The molecule has 110 valence electrons. The topological polar surface area (TPSA) is 44.9 Å². The molecule has 3 rings (SSSR count). The largest absolute Gasteiger partial charge is 0.492 e. The zero-order valence-corrected chi connectivity index (χ0v) is 12.8. The molecule has 3 aromatic rings. The maximum atomic E-state index is 5.92. The molecular weight excluding hydrogens is 288 g/mol. The van der Waals surface area contributed by atoms with E-state index in [2.05, 4.69) is 9.67 Å². The monoisotopic (exact) mass is 304 g/mol. The van der Waals surface area contributed by atoms with Crippen LogP contribution in [0, 0.1) is 0 Å². The molecule has 21 heavy (non-hydrogen) atoms. The second kappa shape index (κ2) is 5.77. The summed E-state index contributed by atoms with van der Waals surface area (Å²) < 4.78 is 9.54. The Kier molecular flexibility index (Phi) is 3.84. The number of ether oxygens (including phenoxy) is 1. The van der Waals surface area contributed by atoms with Crippen LogP contribution in [0.1, 0.15) is 12.7 Å². The smallest absolute Gasteiger partial charge is 0.147 e. The number of rotatable bonds is 5. The van der Waals surface area contributed by atoms with Crippen LogP contribution in [0.3, 0.4) is 0 Å². The summed E-state index contributed by atoms with van der Waals surface area (Å²) in [6.45, 7) is 2.58. The maximum absolute atomic E-state index is 5.92. The molecule has 6 heteroatoms. The summed E-state index contributed by atoms with van der Waals surface area (Å²) in [6, 6.07) is 5.96. The molecule has 2 heterocycles. The normalized spacial score (nSPS) is 11.2. The molecule has 0 atom stereocenters. The van der Waals surface area contributed by atoms with Crippen LogP contribution in [-0.4, -0.2) is 31.8 Å². The van der Waals surface area contributed by atoms with Gasteiger partial charge in [-0.1, -0.05) is 6.07 Å². The third-order valence-corrected chi connectivity index (χ3v) is 3.47.